The molecule has 0 amide bonds. The Hall–Kier alpha value is -4.07. The van der Waals surface area contributed by atoms with Gasteiger partial charge in [-0.15, -0.1) is 0 Å². The van der Waals surface area contributed by atoms with Gasteiger partial charge in [-0.3, -0.25) is 0 Å². The first-order chi connectivity index (χ1) is 18.8. The van der Waals surface area contributed by atoms with Crippen molar-refractivity contribution < 1.29 is 0 Å². The van der Waals surface area contributed by atoms with Gasteiger partial charge < -0.3 is 20.6 Å². The Bertz CT molecular complexity index is 1670. The number of aromatic amines is 2. The molecule has 38 heavy (non-hydrogen) atoms. The molecular formula is C31H29N7. The van der Waals surface area contributed by atoms with E-state index in [2.05, 4.69) is 81.3 Å². The van der Waals surface area contributed by atoms with Crippen LogP contribution in [0.15, 0.2) is 66.7 Å². The number of rotatable bonds is 4. The second-order valence-electron chi connectivity index (χ2n) is 10.6. The van der Waals surface area contributed by atoms with E-state index in [0.717, 1.165) is 92.9 Å². The van der Waals surface area contributed by atoms with Crippen LogP contribution in [0.4, 0.5) is 0 Å². The number of nitrogens with one attached hydrogen (secondary N) is 4. The van der Waals surface area contributed by atoms with Crippen molar-refractivity contribution in [2.24, 2.45) is 0 Å². The fourth-order valence-electron chi connectivity index (χ4n) is 6.10. The van der Waals surface area contributed by atoms with Gasteiger partial charge in [-0.1, -0.05) is 30.3 Å². The molecule has 3 aromatic carbocycles. The lowest BCUT2D eigenvalue weighted by Crippen LogP contribution is -2.13. The maximum atomic E-state index is 5.18. The van der Waals surface area contributed by atoms with Crippen LogP contribution in [0.5, 0.6) is 0 Å². The van der Waals surface area contributed by atoms with Gasteiger partial charge in [0.15, 0.2) is 0 Å². The van der Waals surface area contributed by atoms with E-state index >= 15 is 0 Å². The van der Waals surface area contributed by atoms with E-state index in [1.54, 1.807) is 0 Å². The van der Waals surface area contributed by atoms with Gasteiger partial charge in [0, 0.05) is 16.5 Å². The Balaban J connectivity index is 1.26. The van der Waals surface area contributed by atoms with Crippen molar-refractivity contribution in [1.29, 1.82) is 0 Å². The van der Waals surface area contributed by atoms with Crippen LogP contribution in [0.3, 0.4) is 0 Å². The van der Waals surface area contributed by atoms with Gasteiger partial charge in [0.2, 0.25) is 0 Å². The van der Waals surface area contributed by atoms with Crippen molar-refractivity contribution in [2.75, 3.05) is 13.1 Å². The number of fused-ring (bicyclic) bond motifs is 3. The molecule has 4 N–H and O–H groups in total. The third-order valence-electron chi connectivity index (χ3n) is 8.09. The molecule has 2 fully saturated rings. The fourth-order valence-corrected chi connectivity index (χ4v) is 6.10. The van der Waals surface area contributed by atoms with Gasteiger partial charge >= 0.3 is 0 Å². The van der Waals surface area contributed by atoms with Crippen molar-refractivity contribution in [3.8, 4) is 22.4 Å². The van der Waals surface area contributed by atoms with Crippen LogP contribution in [-0.2, 0) is 0 Å². The van der Waals surface area contributed by atoms with E-state index in [9.17, 15) is 0 Å². The van der Waals surface area contributed by atoms with Gasteiger partial charge in [-0.25, -0.2) is 15.0 Å². The molecule has 7 nitrogen and oxygen atoms in total. The van der Waals surface area contributed by atoms with Crippen LogP contribution in [0.2, 0.25) is 0 Å². The molecule has 2 saturated heterocycles. The molecule has 2 aliphatic heterocycles. The summed E-state index contributed by atoms with van der Waals surface area (Å²) in [4.78, 5) is 22.1. The van der Waals surface area contributed by atoms with Gasteiger partial charge in [0.25, 0.3) is 0 Å². The number of imidazole rings is 2. The highest BCUT2D eigenvalue weighted by atomic mass is 15.0. The van der Waals surface area contributed by atoms with E-state index in [4.69, 9.17) is 15.0 Å². The van der Waals surface area contributed by atoms with E-state index in [0.29, 0.717) is 12.1 Å². The van der Waals surface area contributed by atoms with Crippen LogP contribution in [-0.4, -0.2) is 38.0 Å². The summed E-state index contributed by atoms with van der Waals surface area (Å²) >= 11 is 0. The first-order valence-electron chi connectivity index (χ1n) is 13.7. The highest BCUT2D eigenvalue weighted by Gasteiger charge is 2.22. The highest BCUT2D eigenvalue weighted by Crippen LogP contribution is 2.36. The third-order valence-corrected chi connectivity index (χ3v) is 8.09. The molecule has 2 atom stereocenters. The molecule has 0 spiro atoms. The maximum absolute atomic E-state index is 5.18. The minimum atomic E-state index is 0.311. The van der Waals surface area contributed by atoms with Gasteiger partial charge in [0.1, 0.15) is 11.6 Å². The molecular weight excluding hydrogens is 470 g/mol. The predicted molar refractivity (Wildman–Crippen MR) is 152 cm³/mol. The van der Waals surface area contributed by atoms with Crippen LogP contribution < -0.4 is 10.6 Å². The lowest BCUT2D eigenvalue weighted by atomic mass is 9.97. The minimum Gasteiger partial charge on any atom is -0.341 e. The monoisotopic (exact) mass is 499 g/mol. The second kappa shape index (κ2) is 8.75. The van der Waals surface area contributed by atoms with E-state index in [1.165, 1.54) is 12.8 Å². The van der Waals surface area contributed by atoms with Gasteiger partial charge in [-0.05, 0) is 80.7 Å². The predicted octanol–water partition coefficient (Wildman–Crippen LogP) is 6.17. The molecule has 7 heteroatoms. The molecule has 3 aromatic heterocycles. The number of hydrogen-bond donors (Lipinski definition) is 4. The molecule has 188 valence electrons. The lowest BCUT2D eigenvalue weighted by Gasteiger charge is -2.12. The lowest BCUT2D eigenvalue weighted by molar-refractivity contribution is 0.614. The molecule has 2 aliphatic rings. The maximum Gasteiger partial charge on any atom is 0.124 e. The molecule has 5 heterocycles. The van der Waals surface area contributed by atoms with Gasteiger partial charge in [-0.2, -0.15) is 0 Å². The third kappa shape index (κ3) is 3.69. The first-order valence-corrected chi connectivity index (χ1v) is 13.7. The fraction of sp³-hybridized carbons (Fsp3) is 0.258. The van der Waals surface area contributed by atoms with Crippen molar-refractivity contribution in [1.82, 2.24) is 35.6 Å². The molecule has 0 aliphatic carbocycles. The quantitative estimate of drug-likeness (QED) is 0.233. The first kappa shape index (κ1) is 22.0. The summed E-state index contributed by atoms with van der Waals surface area (Å²) in [7, 11) is 0. The Morgan fingerprint density at radius 3 is 1.89 bits per heavy atom. The van der Waals surface area contributed by atoms with Crippen molar-refractivity contribution in [3.05, 3.63) is 78.4 Å². The molecule has 0 bridgehead atoms. The molecule has 8 rings (SSSR count). The average molecular weight is 500 g/mol. The number of nitrogens with zero attached hydrogens (tertiary/aromatic N) is 3. The van der Waals surface area contributed by atoms with Crippen molar-refractivity contribution in [3.63, 3.8) is 0 Å². The summed E-state index contributed by atoms with van der Waals surface area (Å²) in [6.07, 6.45) is 4.63. The summed E-state index contributed by atoms with van der Waals surface area (Å²) < 4.78 is 0. The second-order valence-corrected chi connectivity index (χ2v) is 10.6. The number of para-hydroxylation sites is 1. The van der Waals surface area contributed by atoms with Crippen molar-refractivity contribution in [2.45, 2.75) is 37.8 Å². The zero-order valence-electron chi connectivity index (χ0n) is 21.1. The van der Waals surface area contributed by atoms with Crippen LogP contribution in [0, 0.1) is 0 Å². The topological polar surface area (TPSA) is 94.3 Å². The summed E-state index contributed by atoms with van der Waals surface area (Å²) in [5.41, 5.74) is 9.37. The van der Waals surface area contributed by atoms with Crippen molar-refractivity contribution >= 4 is 33.0 Å². The number of benzene rings is 3. The highest BCUT2D eigenvalue weighted by molar-refractivity contribution is 5.95. The van der Waals surface area contributed by atoms with E-state index < -0.39 is 0 Å². The smallest absolute Gasteiger partial charge is 0.124 e. The van der Waals surface area contributed by atoms with Crippen LogP contribution >= 0.6 is 0 Å². The summed E-state index contributed by atoms with van der Waals surface area (Å²) in [5.74, 6) is 2.06. The number of pyridine rings is 1. The zero-order valence-corrected chi connectivity index (χ0v) is 21.1. The SMILES string of the molecule is c1ccc2nc(-c3ccc4nc(C5CCCN5)[nH]c4c3)c(-c3ccc4nc(C5CCCN5)[nH]c4c3)cc2c1. The standard InChI is InChI=1S/C31H29N7/c1-2-6-22-19(5-1)15-21(18-9-11-23-27(16-18)37-30(35-23)25-7-3-13-32-25)29(34-22)20-10-12-24-28(17-20)38-31(36-24)26-8-4-14-33-26/h1-2,5-6,9-12,15-17,25-26,32-33H,3-4,7-8,13-14H2,(H,35,37)(H,36,38). The normalized spacial score (nSPS) is 19.8. The molecule has 0 saturated carbocycles. The molecule has 2 unspecified atom stereocenters. The number of aromatic nitrogens is 5. The van der Waals surface area contributed by atoms with Gasteiger partial charge in [0.05, 0.1) is 45.4 Å². The Morgan fingerprint density at radius 2 is 1.24 bits per heavy atom. The zero-order chi connectivity index (χ0) is 25.1. The molecule has 6 aromatic rings. The Morgan fingerprint density at radius 1 is 0.605 bits per heavy atom. The van der Waals surface area contributed by atoms with E-state index in [1.807, 2.05) is 6.07 Å². The average Bonchev–Trinajstić information content (AvgIpc) is 3.77. The van der Waals surface area contributed by atoms with Crippen LogP contribution in [0.25, 0.3) is 55.4 Å². The Labute approximate surface area is 220 Å². The summed E-state index contributed by atoms with van der Waals surface area (Å²) in [6.45, 7) is 2.11. The van der Waals surface area contributed by atoms with E-state index in [-0.39, 0.29) is 0 Å². The largest absolute Gasteiger partial charge is 0.341 e. The Kier molecular flexibility index (Phi) is 5.06. The number of hydrogen-bond acceptors (Lipinski definition) is 5. The summed E-state index contributed by atoms with van der Waals surface area (Å²) in [5, 5.41) is 8.22. The number of H-pyrrole nitrogens is 2. The molecule has 0 radical (unpaired) electrons. The summed E-state index contributed by atoms with van der Waals surface area (Å²) in [6, 6.07) is 24.2. The van der Waals surface area contributed by atoms with Crippen LogP contribution in [0.1, 0.15) is 49.4 Å². The minimum absolute atomic E-state index is 0.311.